The predicted molar refractivity (Wildman–Crippen MR) is 106 cm³/mol. The maximum atomic E-state index is 12.1. The first-order valence-corrected chi connectivity index (χ1v) is 9.29. The molecule has 1 N–H and O–H groups in total. The van der Waals surface area contributed by atoms with Gasteiger partial charge < -0.3 is 10.1 Å². The molecule has 27 heavy (non-hydrogen) atoms. The smallest absolute Gasteiger partial charge is 0.270 e. The summed E-state index contributed by atoms with van der Waals surface area (Å²) in [6.07, 6.45) is 0.885. The predicted octanol–water partition coefficient (Wildman–Crippen LogP) is 4.62. The number of aromatic nitrogens is 1. The number of hydrogen-bond donors (Lipinski definition) is 1. The van der Waals surface area contributed by atoms with E-state index < -0.39 is 4.92 Å². The summed E-state index contributed by atoms with van der Waals surface area (Å²) in [5.74, 6) is 0.677. The molecule has 140 valence electrons. The monoisotopic (exact) mass is 385 g/mol. The number of rotatable bonds is 7. The Morgan fingerprint density at radius 2 is 2.07 bits per heavy atom. The average molecular weight is 385 g/mol. The summed E-state index contributed by atoms with van der Waals surface area (Å²) < 4.78 is 6.41. The fourth-order valence-electron chi connectivity index (χ4n) is 2.54. The van der Waals surface area contributed by atoms with Gasteiger partial charge in [-0.05, 0) is 43.5 Å². The molecule has 0 radical (unpaired) electrons. The lowest BCUT2D eigenvalue weighted by Crippen LogP contribution is -2.12. The first-order chi connectivity index (χ1) is 12.9. The molecule has 1 amide bonds. The molecule has 0 aliphatic heterocycles. The number of anilines is 1. The van der Waals surface area contributed by atoms with Crippen LogP contribution in [0.25, 0.3) is 10.2 Å². The van der Waals surface area contributed by atoms with Crippen LogP contribution in [0.5, 0.6) is 5.75 Å². The van der Waals surface area contributed by atoms with Gasteiger partial charge in [-0.1, -0.05) is 23.5 Å². The van der Waals surface area contributed by atoms with E-state index >= 15 is 0 Å². The molecule has 7 nitrogen and oxygen atoms in total. The normalized spacial score (nSPS) is 10.7. The molecule has 0 aliphatic carbocycles. The van der Waals surface area contributed by atoms with Crippen molar-refractivity contribution in [1.82, 2.24) is 4.98 Å². The van der Waals surface area contributed by atoms with E-state index in [1.807, 2.05) is 32.0 Å². The van der Waals surface area contributed by atoms with Gasteiger partial charge in [0, 0.05) is 18.6 Å². The molecule has 0 bridgehead atoms. The number of benzene rings is 2. The van der Waals surface area contributed by atoms with Gasteiger partial charge >= 0.3 is 0 Å². The molecule has 0 saturated carbocycles. The lowest BCUT2D eigenvalue weighted by Gasteiger charge is -2.09. The lowest BCUT2D eigenvalue weighted by atomic mass is 10.1. The third-order valence-corrected chi connectivity index (χ3v) is 4.91. The zero-order chi connectivity index (χ0) is 19.4. The van der Waals surface area contributed by atoms with Crippen molar-refractivity contribution >= 4 is 38.3 Å². The Labute approximate surface area is 160 Å². The Morgan fingerprint density at radius 1 is 1.26 bits per heavy atom. The quantitative estimate of drug-likeness (QED) is 0.364. The number of non-ortho nitro benzene ring substituents is 1. The topological polar surface area (TPSA) is 94.4 Å². The number of nitrogens with zero attached hydrogens (tertiary/aromatic N) is 2. The Balaban J connectivity index is 1.51. The second-order valence-electron chi connectivity index (χ2n) is 6.20. The van der Waals surface area contributed by atoms with Crippen LogP contribution in [-0.2, 0) is 4.79 Å². The van der Waals surface area contributed by atoms with Gasteiger partial charge in [0.25, 0.3) is 5.69 Å². The van der Waals surface area contributed by atoms with E-state index in [1.165, 1.54) is 23.5 Å². The summed E-state index contributed by atoms with van der Waals surface area (Å²) in [6, 6.07) is 10.5. The Morgan fingerprint density at radius 3 is 2.85 bits per heavy atom. The number of nitrogens with one attached hydrogen (secondary N) is 1. The highest BCUT2D eigenvalue weighted by Gasteiger charge is 2.12. The summed E-state index contributed by atoms with van der Waals surface area (Å²) in [7, 11) is 0. The largest absolute Gasteiger partial charge is 0.493 e. The van der Waals surface area contributed by atoms with Gasteiger partial charge in [-0.15, -0.1) is 0 Å². The average Bonchev–Trinajstić information content (AvgIpc) is 3.02. The van der Waals surface area contributed by atoms with E-state index in [2.05, 4.69) is 10.3 Å². The lowest BCUT2D eigenvalue weighted by molar-refractivity contribution is -0.384. The standard InChI is InChI=1S/C19H19N3O4S/c1-12-5-6-13(2)16(10-12)26-9-3-4-18(23)21-19-20-15-8-7-14(22(24)25)11-17(15)27-19/h5-8,10-11H,3-4,9H2,1-2H3,(H,20,21,23). The van der Waals surface area contributed by atoms with Crippen molar-refractivity contribution in [2.45, 2.75) is 26.7 Å². The molecule has 0 fully saturated rings. The molecule has 1 aromatic heterocycles. The van der Waals surface area contributed by atoms with Crippen molar-refractivity contribution in [2.24, 2.45) is 0 Å². The number of fused-ring (bicyclic) bond motifs is 1. The number of thiazole rings is 1. The van der Waals surface area contributed by atoms with Gasteiger partial charge in [-0.3, -0.25) is 14.9 Å². The minimum Gasteiger partial charge on any atom is -0.493 e. The molecule has 0 atom stereocenters. The van der Waals surface area contributed by atoms with E-state index in [-0.39, 0.29) is 11.6 Å². The third kappa shape index (κ3) is 4.79. The minimum absolute atomic E-state index is 0.00705. The van der Waals surface area contributed by atoms with Gasteiger partial charge in [0.15, 0.2) is 5.13 Å². The molecule has 0 spiro atoms. The molecule has 2 aromatic carbocycles. The second-order valence-corrected chi connectivity index (χ2v) is 7.23. The molecular formula is C19H19N3O4S. The molecule has 0 saturated heterocycles. The van der Waals surface area contributed by atoms with Gasteiger partial charge in [-0.25, -0.2) is 4.98 Å². The first-order valence-electron chi connectivity index (χ1n) is 8.47. The maximum absolute atomic E-state index is 12.1. The zero-order valence-electron chi connectivity index (χ0n) is 15.0. The van der Waals surface area contributed by atoms with E-state index in [1.54, 1.807) is 6.07 Å². The molecule has 3 aromatic rings. The minimum atomic E-state index is -0.451. The van der Waals surface area contributed by atoms with Crippen LogP contribution in [0.3, 0.4) is 0 Å². The fourth-order valence-corrected chi connectivity index (χ4v) is 3.45. The van der Waals surface area contributed by atoms with Crippen molar-refractivity contribution in [3.05, 3.63) is 57.6 Å². The van der Waals surface area contributed by atoms with Gasteiger partial charge in [0.2, 0.25) is 5.91 Å². The number of carbonyl (C=O) groups excluding carboxylic acids is 1. The summed E-state index contributed by atoms with van der Waals surface area (Å²) in [5.41, 5.74) is 2.82. The number of carbonyl (C=O) groups is 1. The fraction of sp³-hybridized carbons (Fsp3) is 0.263. The number of nitro groups is 1. The second kappa shape index (κ2) is 8.13. The highest BCUT2D eigenvalue weighted by atomic mass is 32.1. The molecule has 0 unspecified atom stereocenters. The molecule has 1 heterocycles. The van der Waals surface area contributed by atoms with E-state index in [0.29, 0.717) is 34.8 Å². The van der Waals surface area contributed by atoms with Crippen molar-refractivity contribution < 1.29 is 14.5 Å². The maximum Gasteiger partial charge on any atom is 0.270 e. The number of amides is 1. The number of aryl methyl sites for hydroxylation is 2. The molecule has 8 heteroatoms. The van der Waals surface area contributed by atoms with E-state index in [9.17, 15) is 14.9 Å². The van der Waals surface area contributed by atoms with Crippen molar-refractivity contribution in [1.29, 1.82) is 0 Å². The Kier molecular flexibility index (Phi) is 5.66. The summed E-state index contributed by atoms with van der Waals surface area (Å²) in [4.78, 5) is 26.7. The van der Waals surface area contributed by atoms with Gasteiger partial charge in [-0.2, -0.15) is 0 Å². The molecule has 3 rings (SSSR count). The third-order valence-electron chi connectivity index (χ3n) is 3.98. The summed E-state index contributed by atoms with van der Waals surface area (Å²) >= 11 is 1.22. The van der Waals surface area contributed by atoms with Crippen LogP contribution < -0.4 is 10.1 Å². The van der Waals surface area contributed by atoms with Crippen LogP contribution in [0.1, 0.15) is 24.0 Å². The Hall–Kier alpha value is -3.00. The molecular weight excluding hydrogens is 366 g/mol. The zero-order valence-corrected chi connectivity index (χ0v) is 15.8. The molecule has 0 aliphatic rings. The number of ether oxygens (including phenoxy) is 1. The van der Waals surface area contributed by atoms with Crippen LogP contribution in [0.4, 0.5) is 10.8 Å². The van der Waals surface area contributed by atoms with Gasteiger partial charge in [0.05, 0.1) is 21.7 Å². The van der Waals surface area contributed by atoms with Crippen molar-refractivity contribution in [2.75, 3.05) is 11.9 Å². The van der Waals surface area contributed by atoms with Gasteiger partial charge in [0.1, 0.15) is 5.75 Å². The Bertz CT molecular complexity index is 1000. The number of hydrogen-bond acceptors (Lipinski definition) is 6. The summed E-state index contributed by atoms with van der Waals surface area (Å²) in [5, 5.41) is 14.0. The SMILES string of the molecule is Cc1ccc(C)c(OCCCC(=O)Nc2nc3ccc([N+](=O)[O-])cc3s2)c1. The van der Waals surface area contributed by atoms with Crippen LogP contribution >= 0.6 is 11.3 Å². The van der Waals surface area contributed by atoms with Crippen LogP contribution in [0.15, 0.2) is 36.4 Å². The first kappa shape index (κ1) is 18.8. The number of nitro benzene ring substituents is 1. The highest BCUT2D eigenvalue weighted by molar-refractivity contribution is 7.22. The van der Waals surface area contributed by atoms with Crippen molar-refractivity contribution in [3.8, 4) is 5.75 Å². The summed E-state index contributed by atoms with van der Waals surface area (Å²) in [6.45, 7) is 4.44. The highest BCUT2D eigenvalue weighted by Crippen LogP contribution is 2.29. The van der Waals surface area contributed by atoms with Crippen LogP contribution in [0, 0.1) is 24.0 Å². The van der Waals surface area contributed by atoms with E-state index in [0.717, 1.165) is 16.9 Å². The van der Waals surface area contributed by atoms with E-state index in [4.69, 9.17) is 4.74 Å². The van der Waals surface area contributed by atoms with Crippen molar-refractivity contribution in [3.63, 3.8) is 0 Å². The van der Waals surface area contributed by atoms with Crippen LogP contribution in [-0.4, -0.2) is 22.4 Å². The van der Waals surface area contributed by atoms with Crippen LogP contribution in [0.2, 0.25) is 0 Å².